The highest BCUT2D eigenvalue weighted by atomic mass is 35.5. The molecule has 0 bridgehead atoms. The van der Waals surface area contributed by atoms with Crippen molar-refractivity contribution in [1.82, 2.24) is 5.32 Å². The third-order valence-electron chi connectivity index (χ3n) is 2.97. The number of ketones is 1. The maximum atomic E-state index is 13.1. The van der Waals surface area contributed by atoms with Crippen LogP contribution in [-0.2, 0) is 4.79 Å². The molecule has 0 saturated heterocycles. The maximum absolute atomic E-state index is 13.1. The fourth-order valence-electron chi connectivity index (χ4n) is 1.75. The van der Waals surface area contributed by atoms with Gasteiger partial charge in [-0.15, -0.1) is 0 Å². The summed E-state index contributed by atoms with van der Waals surface area (Å²) in [7, 11) is 0. The van der Waals surface area contributed by atoms with Crippen molar-refractivity contribution in [2.75, 3.05) is 5.32 Å². The van der Waals surface area contributed by atoms with Crippen LogP contribution >= 0.6 is 11.6 Å². The number of hydrogen-bond donors (Lipinski definition) is 2. The van der Waals surface area contributed by atoms with Crippen LogP contribution < -0.4 is 10.6 Å². The van der Waals surface area contributed by atoms with Gasteiger partial charge in [0.05, 0.1) is 5.02 Å². The Balaban J connectivity index is 2.13. The molecular formula is C17H14ClFN2O2. The molecule has 0 aliphatic carbocycles. The Morgan fingerprint density at radius 3 is 2.43 bits per heavy atom. The summed E-state index contributed by atoms with van der Waals surface area (Å²) in [6.45, 7) is 1.33. The second-order valence-electron chi connectivity index (χ2n) is 4.71. The van der Waals surface area contributed by atoms with Crippen LogP contribution in [0, 0.1) is 5.82 Å². The van der Waals surface area contributed by atoms with Crippen molar-refractivity contribution >= 4 is 29.0 Å². The summed E-state index contributed by atoms with van der Waals surface area (Å²) in [5.41, 5.74) is 1.01. The monoisotopic (exact) mass is 332 g/mol. The normalized spacial score (nSPS) is 11.0. The molecule has 0 aliphatic heterocycles. The van der Waals surface area contributed by atoms with E-state index in [1.54, 1.807) is 30.3 Å². The van der Waals surface area contributed by atoms with Gasteiger partial charge in [-0.1, -0.05) is 29.8 Å². The summed E-state index contributed by atoms with van der Waals surface area (Å²) in [6.07, 6.45) is 1.34. The van der Waals surface area contributed by atoms with Crippen molar-refractivity contribution in [1.29, 1.82) is 0 Å². The fourth-order valence-corrected chi connectivity index (χ4v) is 1.93. The molecule has 0 fully saturated rings. The number of rotatable bonds is 5. The lowest BCUT2D eigenvalue weighted by Crippen LogP contribution is -2.27. The molecule has 0 spiro atoms. The molecule has 0 atom stereocenters. The van der Waals surface area contributed by atoms with Crippen LogP contribution in [0.5, 0.6) is 0 Å². The van der Waals surface area contributed by atoms with E-state index < -0.39 is 11.7 Å². The molecule has 1 amide bonds. The summed E-state index contributed by atoms with van der Waals surface area (Å²) < 4.78 is 13.1. The molecule has 4 nitrogen and oxygen atoms in total. The molecule has 0 radical (unpaired) electrons. The zero-order valence-electron chi connectivity index (χ0n) is 12.3. The molecule has 118 valence electrons. The number of halogens is 2. The van der Waals surface area contributed by atoms with Crippen molar-refractivity contribution < 1.29 is 14.0 Å². The molecule has 0 aliphatic rings. The number of allylic oxidation sites excluding steroid dienone is 1. The smallest absolute Gasteiger partial charge is 0.255 e. The van der Waals surface area contributed by atoms with Crippen molar-refractivity contribution in [3.05, 3.63) is 76.8 Å². The molecule has 2 N–H and O–H groups in total. The van der Waals surface area contributed by atoms with E-state index in [1.165, 1.54) is 31.3 Å². The average Bonchev–Trinajstić information content (AvgIpc) is 2.55. The predicted octanol–water partition coefficient (Wildman–Crippen LogP) is 3.75. The average molecular weight is 333 g/mol. The Bertz CT molecular complexity index is 760. The van der Waals surface area contributed by atoms with E-state index in [1.807, 2.05) is 0 Å². The first-order valence-corrected chi connectivity index (χ1v) is 7.14. The molecule has 2 aromatic carbocycles. The summed E-state index contributed by atoms with van der Waals surface area (Å²) in [5.74, 6) is -1.26. The minimum Gasteiger partial charge on any atom is -0.360 e. The van der Waals surface area contributed by atoms with E-state index >= 15 is 0 Å². The molecular weight excluding hydrogens is 319 g/mol. The minimum absolute atomic E-state index is 0.0407. The van der Waals surface area contributed by atoms with Gasteiger partial charge in [-0.2, -0.15) is 0 Å². The molecule has 0 unspecified atom stereocenters. The quantitative estimate of drug-likeness (QED) is 0.820. The highest BCUT2D eigenvalue weighted by molar-refractivity contribution is 6.31. The lowest BCUT2D eigenvalue weighted by molar-refractivity contribution is -0.113. The van der Waals surface area contributed by atoms with Crippen molar-refractivity contribution in [3.8, 4) is 0 Å². The largest absolute Gasteiger partial charge is 0.360 e. The number of hydrogen-bond acceptors (Lipinski definition) is 3. The Labute approximate surface area is 138 Å². The third-order valence-corrected chi connectivity index (χ3v) is 3.26. The van der Waals surface area contributed by atoms with E-state index in [9.17, 15) is 14.0 Å². The molecule has 23 heavy (non-hydrogen) atoms. The molecule has 6 heteroatoms. The number of benzene rings is 2. The first-order chi connectivity index (χ1) is 11.0. The van der Waals surface area contributed by atoms with Gasteiger partial charge < -0.3 is 10.6 Å². The van der Waals surface area contributed by atoms with Gasteiger partial charge in [-0.25, -0.2) is 4.39 Å². The molecule has 0 aromatic heterocycles. The number of carbonyl (C=O) groups excluding carboxylic acids is 2. The van der Waals surface area contributed by atoms with Crippen LogP contribution in [0.2, 0.25) is 5.02 Å². The number of amides is 1. The van der Waals surface area contributed by atoms with Gasteiger partial charge in [-0.3, -0.25) is 9.59 Å². The summed E-state index contributed by atoms with van der Waals surface area (Å²) in [6, 6.07) is 12.6. The summed E-state index contributed by atoms with van der Waals surface area (Å²) in [4.78, 5) is 23.7. The van der Waals surface area contributed by atoms with Gasteiger partial charge in [0.15, 0.2) is 5.78 Å². The van der Waals surface area contributed by atoms with E-state index in [-0.39, 0.29) is 16.5 Å². The molecule has 2 aromatic rings. The lowest BCUT2D eigenvalue weighted by atomic mass is 10.2. The second-order valence-corrected chi connectivity index (χ2v) is 5.11. The Morgan fingerprint density at radius 1 is 1.13 bits per heavy atom. The highest BCUT2D eigenvalue weighted by Crippen LogP contribution is 2.19. The number of anilines is 1. The van der Waals surface area contributed by atoms with Crippen LogP contribution in [0.4, 0.5) is 10.1 Å². The molecule has 2 rings (SSSR count). The van der Waals surface area contributed by atoms with Gasteiger partial charge in [0.25, 0.3) is 5.91 Å². The number of nitrogens with one attached hydrogen (secondary N) is 2. The topological polar surface area (TPSA) is 58.2 Å². The highest BCUT2D eigenvalue weighted by Gasteiger charge is 2.10. The molecule has 0 heterocycles. The van der Waals surface area contributed by atoms with Gasteiger partial charge in [0.1, 0.15) is 11.5 Å². The zero-order valence-corrected chi connectivity index (χ0v) is 13.0. The third kappa shape index (κ3) is 4.66. The zero-order chi connectivity index (χ0) is 16.8. The van der Waals surface area contributed by atoms with Crippen molar-refractivity contribution in [2.24, 2.45) is 0 Å². The van der Waals surface area contributed by atoms with E-state index in [4.69, 9.17) is 11.6 Å². The van der Waals surface area contributed by atoms with E-state index in [2.05, 4.69) is 10.6 Å². The van der Waals surface area contributed by atoms with Gasteiger partial charge in [-0.05, 0) is 30.3 Å². The van der Waals surface area contributed by atoms with Crippen LogP contribution in [-0.4, -0.2) is 11.7 Å². The fraction of sp³-hybridized carbons (Fsp3) is 0.0588. The van der Waals surface area contributed by atoms with Crippen LogP contribution in [0.15, 0.2) is 60.4 Å². The second kappa shape index (κ2) is 7.56. The van der Waals surface area contributed by atoms with Gasteiger partial charge >= 0.3 is 0 Å². The Kier molecular flexibility index (Phi) is 5.49. The Hall–Kier alpha value is -2.66. The van der Waals surface area contributed by atoms with E-state index in [0.717, 1.165) is 0 Å². The summed E-state index contributed by atoms with van der Waals surface area (Å²) in [5, 5.41) is 5.29. The van der Waals surface area contributed by atoms with Crippen molar-refractivity contribution in [2.45, 2.75) is 6.92 Å². The number of Topliss-reactive ketones (excluding diaryl/α,β-unsaturated/α-hetero) is 1. The minimum atomic E-state index is -0.537. The van der Waals surface area contributed by atoms with Crippen LogP contribution in [0.1, 0.15) is 17.3 Å². The maximum Gasteiger partial charge on any atom is 0.255 e. The molecule has 0 saturated carbocycles. The first kappa shape index (κ1) is 16.7. The predicted molar refractivity (Wildman–Crippen MR) is 87.7 cm³/mol. The van der Waals surface area contributed by atoms with E-state index in [0.29, 0.717) is 11.3 Å². The Morgan fingerprint density at radius 2 is 1.83 bits per heavy atom. The lowest BCUT2D eigenvalue weighted by Gasteiger charge is -2.08. The number of carbonyl (C=O) groups is 2. The van der Waals surface area contributed by atoms with Crippen LogP contribution in [0.25, 0.3) is 0 Å². The van der Waals surface area contributed by atoms with Crippen molar-refractivity contribution in [3.63, 3.8) is 0 Å². The summed E-state index contributed by atoms with van der Waals surface area (Å²) >= 11 is 5.68. The van der Waals surface area contributed by atoms with Gasteiger partial charge in [0, 0.05) is 24.4 Å². The first-order valence-electron chi connectivity index (χ1n) is 6.76. The van der Waals surface area contributed by atoms with Gasteiger partial charge in [0.2, 0.25) is 0 Å². The van der Waals surface area contributed by atoms with Crippen LogP contribution in [0.3, 0.4) is 0 Å². The standard InChI is InChI=1S/C17H14ClFN2O2/c1-11(22)16(21-17(23)12-5-3-2-4-6-12)10-20-13-7-8-15(19)14(18)9-13/h2-10,20H,1H3,(H,21,23)/b16-10-. The SMILES string of the molecule is CC(=O)/C(=C/Nc1ccc(F)c(Cl)c1)NC(=O)c1ccccc1.